The van der Waals surface area contributed by atoms with Gasteiger partial charge in [0.15, 0.2) is 11.5 Å². The van der Waals surface area contributed by atoms with Crippen LogP contribution >= 0.6 is 0 Å². The minimum Gasteiger partial charge on any atom is -0.490 e. The minimum absolute atomic E-state index is 0.646. The number of likely N-dealkylation sites (N-methyl/N-ethyl adjacent to an activating group) is 1. The van der Waals surface area contributed by atoms with Crippen molar-refractivity contribution >= 4 is 0 Å². The van der Waals surface area contributed by atoms with Gasteiger partial charge >= 0.3 is 0 Å². The molecule has 6 heteroatoms. The molecule has 140 valence electrons. The number of aromatic nitrogens is 2. The zero-order valence-corrected chi connectivity index (χ0v) is 15.9. The molecule has 1 saturated heterocycles. The molecular weight excluding hydrogens is 328 g/mol. The van der Waals surface area contributed by atoms with E-state index >= 15 is 0 Å². The molecule has 0 radical (unpaired) electrons. The Labute approximate surface area is 155 Å². The fraction of sp³-hybridized carbons (Fsp3) is 0.550. The molecule has 3 heterocycles. The Hall–Kier alpha value is -2.05. The quantitative estimate of drug-likeness (QED) is 0.841. The van der Waals surface area contributed by atoms with Crippen LogP contribution < -0.4 is 9.47 Å². The first-order valence-electron chi connectivity index (χ1n) is 9.41. The molecule has 1 unspecified atom stereocenters. The van der Waals surface area contributed by atoms with Crippen molar-refractivity contribution in [3.63, 3.8) is 0 Å². The van der Waals surface area contributed by atoms with E-state index in [4.69, 9.17) is 14.6 Å². The molecule has 0 bridgehead atoms. The van der Waals surface area contributed by atoms with E-state index in [-0.39, 0.29) is 0 Å². The van der Waals surface area contributed by atoms with Crippen LogP contribution in [0.2, 0.25) is 0 Å². The predicted molar refractivity (Wildman–Crippen MR) is 102 cm³/mol. The minimum atomic E-state index is 0.646. The summed E-state index contributed by atoms with van der Waals surface area (Å²) in [6, 6.07) is 6.81. The average molecular weight is 356 g/mol. The van der Waals surface area contributed by atoms with Gasteiger partial charge in [-0.15, -0.1) is 0 Å². The van der Waals surface area contributed by atoms with E-state index in [9.17, 15) is 0 Å². The van der Waals surface area contributed by atoms with Crippen LogP contribution in [-0.2, 0) is 13.6 Å². The van der Waals surface area contributed by atoms with E-state index < -0.39 is 0 Å². The highest BCUT2D eigenvalue weighted by atomic mass is 16.5. The van der Waals surface area contributed by atoms with Crippen molar-refractivity contribution in [2.75, 3.05) is 40.4 Å². The summed E-state index contributed by atoms with van der Waals surface area (Å²) in [5.74, 6) is 1.66. The molecule has 6 nitrogen and oxygen atoms in total. The van der Waals surface area contributed by atoms with Gasteiger partial charge in [-0.1, -0.05) is 0 Å². The summed E-state index contributed by atoms with van der Waals surface area (Å²) in [6.45, 7) is 4.59. The third-order valence-corrected chi connectivity index (χ3v) is 5.30. The zero-order chi connectivity index (χ0) is 18.1. The van der Waals surface area contributed by atoms with E-state index in [1.165, 1.54) is 12.0 Å². The Morgan fingerprint density at radius 2 is 2.00 bits per heavy atom. The van der Waals surface area contributed by atoms with Gasteiger partial charge in [0.2, 0.25) is 0 Å². The number of rotatable bonds is 4. The standard InChI is InChI=1S/C20H28N4O2/c1-22(2)17-7-8-24(14-17)13-16-12-23(3)21-20(16)15-5-6-18-19(11-15)26-10-4-9-25-18/h5-6,11-12,17H,4,7-10,13-14H2,1-3H3. The van der Waals surface area contributed by atoms with Crippen molar-refractivity contribution in [1.29, 1.82) is 0 Å². The van der Waals surface area contributed by atoms with Gasteiger partial charge in [0.25, 0.3) is 0 Å². The monoisotopic (exact) mass is 356 g/mol. The molecule has 1 aromatic carbocycles. The summed E-state index contributed by atoms with van der Waals surface area (Å²) in [5, 5.41) is 4.73. The normalized spacial score (nSPS) is 20.5. The molecule has 0 spiro atoms. The van der Waals surface area contributed by atoms with Crippen LogP contribution in [0.4, 0.5) is 0 Å². The van der Waals surface area contributed by atoms with Gasteiger partial charge < -0.3 is 14.4 Å². The van der Waals surface area contributed by atoms with Crippen LogP contribution in [0.1, 0.15) is 18.4 Å². The van der Waals surface area contributed by atoms with Gasteiger partial charge in [0.05, 0.1) is 18.9 Å². The number of nitrogens with zero attached hydrogens (tertiary/aromatic N) is 4. The number of ether oxygens (including phenoxy) is 2. The SMILES string of the molecule is CN(C)C1CCN(Cc2cn(C)nc2-c2ccc3c(c2)OCCCO3)C1. The third-order valence-electron chi connectivity index (χ3n) is 5.30. The van der Waals surface area contributed by atoms with E-state index in [1.807, 2.05) is 17.8 Å². The lowest BCUT2D eigenvalue weighted by Gasteiger charge is -2.20. The summed E-state index contributed by atoms with van der Waals surface area (Å²) in [6.07, 6.45) is 4.29. The van der Waals surface area contributed by atoms with Gasteiger partial charge in [-0.25, -0.2) is 0 Å². The largest absolute Gasteiger partial charge is 0.490 e. The number of fused-ring (bicyclic) bond motifs is 1. The molecule has 1 atom stereocenters. The van der Waals surface area contributed by atoms with Gasteiger partial charge in [-0.2, -0.15) is 5.10 Å². The second-order valence-corrected chi connectivity index (χ2v) is 7.53. The van der Waals surface area contributed by atoms with E-state index in [0.29, 0.717) is 19.3 Å². The highest BCUT2D eigenvalue weighted by Crippen LogP contribution is 2.35. The van der Waals surface area contributed by atoms with E-state index in [2.05, 4.69) is 42.2 Å². The Morgan fingerprint density at radius 3 is 2.77 bits per heavy atom. The van der Waals surface area contributed by atoms with Crippen LogP contribution in [0.15, 0.2) is 24.4 Å². The molecule has 2 aliphatic heterocycles. The molecular formula is C20H28N4O2. The maximum atomic E-state index is 5.86. The van der Waals surface area contributed by atoms with Gasteiger partial charge in [-0.05, 0) is 38.7 Å². The first kappa shape index (κ1) is 17.4. The summed E-state index contributed by atoms with van der Waals surface area (Å²) in [7, 11) is 6.32. The zero-order valence-electron chi connectivity index (χ0n) is 15.9. The fourth-order valence-electron chi connectivity index (χ4n) is 3.83. The second-order valence-electron chi connectivity index (χ2n) is 7.53. The topological polar surface area (TPSA) is 42.8 Å². The smallest absolute Gasteiger partial charge is 0.161 e. The van der Waals surface area contributed by atoms with Gasteiger partial charge in [-0.3, -0.25) is 9.58 Å². The van der Waals surface area contributed by atoms with Crippen molar-refractivity contribution in [3.8, 4) is 22.8 Å². The van der Waals surface area contributed by atoms with Gasteiger partial charge in [0, 0.05) is 56.5 Å². The highest BCUT2D eigenvalue weighted by Gasteiger charge is 2.25. The molecule has 26 heavy (non-hydrogen) atoms. The summed E-state index contributed by atoms with van der Waals surface area (Å²) in [4.78, 5) is 4.85. The molecule has 0 saturated carbocycles. The molecule has 1 fully saturated rings. The lowest BCUT2D eigenvalue weighted by Crippen LogP contribution is -2.31. The van der Waals surface area contributed by atoms with Crippen molar-refractivity contribution in [2.24, 2.45) is 7.05 Å². The lowest BCUT2D eigenvalue weighted by molar-refractivity contribution is 0.265. The Balaban J connectivity index is 1.57. The van der Waals surface area contributed by atoms with E-state index in [0.717, 1.165) is 48.8 Å². The Morgan fingerprint density at radius 1 is 1.19 bits per heavy atom. The maximum Gasteiger partial charge on any atom is 0.161 e. The number of hydrogen-bond acceptors (Lipinski definition) is 5. The number of aryl methyl sites for hydroxylation is 1. The van der Waals surface area contributed by atoms with Crippen LogP contribution in [0.25, 0.3) is 11.3 Å². The molecule has 0 N–H and O–H groups in total. The van der Waals surface area contributed by atoms with Crippen molar-refractivity contribution in [3.05, 3.63) is 30.0 Å². The molecule has 2 aromatic rings. The Kier molecular flexibility index (Phi) is 4.87. The molecule has 4 rings (SSSR count). The van der Waals surface area contributed by atoms with Gasteiger partial charge in [0.1, 0.15) is 0 Å². The third kappa shape index (κ3) is 3.57. The predicted octanol–water partition coefficient (Wildman–Crippen LogP) is 2.38. The number of hydrogen-bond donors (Lipinski definition) is 0. The van der Waals surface area contributed by atoms with E-state index in [1.54, 1.807) is 0 Å². The van der Waals surface area contributed by atoms with Crippen molar-refractivity contribution in [1.82, 2.24) is 19.6 Å². The molecule has 0 amide bonds. The van der Waals surface area contributed by atoms with Crippen LogP contribution in [0.3, 0.4) is 0 Å². The number of benzene rings is 1. The van der Waals surface area contributed by atoms with Crippen molar-refractivity contribution in [2.45, 2.75) is 25.4 Å². The second kappa shape index (κ2) is 7.29. The highest BCUT2D eigenvalue weighted by molar-refractivity contribution is 5.66. The van der Waals surface area contributed by atoms with Crippen molar-refractivity contribution < 1.29 is 9.47 Å². The van der Waals surface area contributed by atoms with Crippen LogP contribution in [-0.4, -0.2) is 66.0 Å². The Bertz CT molecular complexity index is 771. The fourth-order valence-corrected chi connectivity index (χ4v) is 3.83. The summed E-state index contributed by atoms with van der Waals surface area (Å²) in [5.41, 5.74) is 3.39. The summed E-state index contributed by atoms with van der Waals surface area (Å²) < 4.78 is 13.5. The maximum absolute atomic E-state index is 5.86. The van der Waals surface area contributed by atoms with Crippen LogP contribution in [0.5, 0.6) is 11.5 Å². The summed E-state index contributed by atoms with van der Waals surface area (Å²) >= 11 is 0. The molecule has 1 aromatic heterocycles. The lowest BCUT2D eigenvalue weighted by atomic mass is 10.1. The number of likely N-dealkylation sites (tertiary alicyclic amines) is 1. The molecule has 0 aliphatic carbocycles. The van der Waals surface area contributed by atoms with Crippen LogP contribution in [0, 0.1) is 0 Å². The first-order valence-corrected chi connectivity index (χ1v) is 9.41. The first-order chi connectivity index (χ1) is 12.6. The molecule has 2 aliphatic rings. The average Bonchev–Trinajstić information content (AvgIpc) is 3.15.